The number of aryl methyl sites for hydroxylation is 2. The first-order valence-corrected chi connectivity index (χ1v) is 5.37. The predicted molar refractivity (Wildman–Crippen MR) is 63.9 cm³/mol. The van der Waals surface area contributed by atoms with Crippen LogP contribution in [0, 0.1) is 13.8 Å². The van der Waals surface area contributed by atoms with Crippen LogP contribution in [-0.4, -0.2) is 15.1 Å². The van der Waals surface area contributed by atoms with Gasteiger partial charge in [-0.1, -0.05) is 0 Å². The Kier molecular flexibility index (Phi) is 3.35. The topological polar surface area (TPSA) is 55.2 Å². The Balaban J connectivity index is 2.30. The highest BCUT2D eigenvalue weighted by atomic mass is 16.5. The van der Waals surface area contributed by atoms with Crippen molar-refractivity contribution in [3.05, 3.63) is 47.4 Å². The van der Waals surface area contributed by atoms with Gasteiger partial charge in [0.1, 0.15) is 0 Å². The Morgan fingerprint density at radius 2 is 2.12 bits per heavy atom. The summed E-state index contributed by atoms with van der Waals surface area (Å²) >= 11 is 0. The third kappa shape index (κ3) is 2.79. The standard InChI is InChI=1S/C13H14N2O2/c1-9-6-11(8-16)7-13(15-9)17-12-4-3-5-14-10(12)2/h3-7,16H,8H2,1-2H3. The molecule has 0 aromatic carbocycles. The fraction of sp³-hybridized carbons (Fsp3) is 0.231. The molecule has 0 radical (unpaired) electrons. The zero-order valence-electron chi connectivity index (χ0n) is 9.84. The van der Waals surface area contributed by atoms with E-state index in [2.05, 4.69) is 9.97 Å². The highest BCUT2D eigenvalue weighted by molar-refractivity contribution is 5.32. The summed E-state index contributed by atoms with van der Waals surface area (Å²) in [6.45, 7) is 3.71. The second kappa shape index (κ2) is 4.93. The van der Waals surface area contributed by atoms with E-state index < -0.39 is 0 Å². The van der Waals surface area contributed by atoms with Crippen LogP contribution in [0.25, 0.3) is 0 Å². The molecule has 0 saturated heterocycles. The van der Waals surface area contributed by atoms with Gasteiger partial charge in [0, 0.05) is 18.0 Å². The normalized spacial score (nSPS) is 10.3. The quantitative estimate of drug-likeness (QED) is 0.879. The molecule has 2 heterocycles. The van der Waals surface area contributed by atoms with Crippen molar-refractivity contribution in [1.29, 1.82) is 0 Å². The van der Waals surface area contributed by atoms with E-state index in [1.165, 1.54) is 0 Å². The average molecular weight is 230 g/mol. The van der Waals surface area contributed by atoms with Gasteiger partial charge in [0.2, 0.25) is 5.88 Å². The lowest BCUT2D eigenvalue weighted by Crippen LogP contribution is -1.95. The number of aliphatic hydroxyl groups is 1. The Morgan fingerprint density at radius 3 is 2.82 bits per heavy atom. The molecule has 0 bridgehead atoms. The minimum atomic E-state index is -0.0221. The molecular weight excluding hydrogens is 216 g/mol. The second-order valence-corrected chi connectivity index (χ2v) is 3.80. The summed E-state index contributed by atoms with van der Waals surface area (Å²) in [5.41, 5.74) is 2.41. The van der Waals surface area contributed by atoms with E-state index in [0.717, 1.165) is 17.0 Å². The largest absolute Gasteiger partial charge is 0.437 e. The van der Waals surface area contributed by atoms with Gasteiger partial charge >= 0.3 is 0 Å². The molecule has 0 aliphatic rings. The molecule has 0 atom stereocenters. The summed E-state index contributed by atoms with van der Waals surface area (Å²) < 4.78 is 5.65. The van der Waals surface area contributed by atoms with Gasteiger partial charge in [-0.15, -0.1) is 0 Å². The number of nitrogens with zero attached hydrogens (tertiary/aromatic N) is 2. The third-order valence-corrected chi connectivity index (χ3v) is 2.35. The third-order valence-electron chi connectivity index (χ3n) is 2.35. The van der Waals surface area contributed by atoms with Crippen molar-refractivity contribution in [2.24, 2.45) is 0 Å². The van der Waals surface area contributed by atoms with Crippen molar-refractivity contribution in [3.8, 4) is 11.6 Å². The summed E-state index contributed by atoms with van der Waals surface area (Å²) in [4.78, 5) is 8.40. The molecule has 0 amide bonds. The maximum absolute atomic E-state index is 9.11. The predicted octanol–water partition coefficient (Wildman–Crippen LogP) is 2.38. The number of pyridine rings is 2. The first-order valence-electron chi connectivity index (χ1n) is 5.37. The fourth-order valence-electron chi connectivity index (χ4n) is 1.54. The Hall–Kier alpha value is -1.94. The van der Waals surface area contributed by atoms with E-state index in [4.69, 9.17) is 9.84 Å². The molecule has 0 fully saturated rings. The van der Waals surface area contributed by atoms with Crippen LogP contribution in [-0.2, 0) is 6.61 Å². The minimum Gasteiger partial charge on any atom is -0.437 e. The number of aliphatic hydroxyl groups excluding tert-OH is 1. The van der Waals surface area contributed by atoms with Crippen molar-refractivity contribution < 1.29 is 9.84 Å². The number of rotatable bonds is 3. The summed E-state index contributed by atoms with van der Waals surface area (Å²) in [7, 11) is 0. The smallest absolute Gasteiger partial charge is 0.219 e. The molecule has 17 heavy (non-hydrogen) atoms. The zero-order valence-corrected chi connectivity index (χ0v) is 9.84. The highest BCUT2D eigenvalue weighted by Crippen LogP contribution is 2.22. The Bertz CT molecular complexity index is 527. The second-order valence-electron chi connectivity index (χ2n) is 3.80. The van der Waals surface area contributed by atoms with Crippen molar-refractivity contribution in [3.63, 3.8) is 0 Å². The Labute approximate surface area is 99.9 Å². The highest BCUT2D eigenvalue weighted by Gasteiger charge is 2.04. The molecular formula is C13H14N2O2. The van der Waals surface area contributed by atoms with Crippen molar-refractivity contribution in [1.82, 2.24) is 9.97 Å². The lowest BCUT2D eigenvalue weighted by Gasteiger charge is -2.08. The van der Waals surface area contributed by atoms with E-state index in [9.17, 15) is 0 Å². The summed E-state index contributed by atoms with van der Waals surface area (Å²) in [6, 6.07) is 7.19. The Morgan fingerprint density at radius 1 is 1.29 bits per heavy atom. The molecule has 2 aromatic rings. The molecule has 0 aliphatic heterocycles. The van der Waals surface area contributed by atoms with Crippen LogP contribution in [0.3, 0.4) is 0 Å². The molecule has 4 heteroatoms. The van der Waals surface area contributed by atoms with Crippen molar-refractivity contribution in [2.75, 3.05) is 0 Å². The molecule has 0 unspecified atom stereocenters. The van der Waals surface area contributed by atoms with Gasteiger partial charge in [-0.25, -0.2) is 4.98 Å². The fourth-order valence-corrected chi connectivity index (χ4v) is 1.54. The van der Waals surface area contributed by atoms with Crippen LogP contribution >= 0.6 is 0 Å². The van der Waals surface area contributed by atoms with E-state index in [1.54, 1.807) is 12.3 Å². The van der Waals surface area contributed by atoms with E-state index in [-0.39, 0.29) is 6.61 Å². The molecule has 0 spiro atoms. The van der Waals surface area contributed by atoms with Crippen molar-refractivity contribution >= 4 is 0 Å². The molecule has 1 N–H and O–H groups in total. The molecule has 88 valence electrons. The van der Waals surface area contributed by atoms with Crippen LogP contribution in [0.2, 0.25) is 0 Å². The van der Waals surface area contributed by atoms with E-state index >= 15 is 0 Å². The first kappa shape index (κ1) is 11.5. The molecule has 0 saturated carbocycles. The minimum absolute atomic E-state index is 0.0221. The van der Waals surface area contributed by atoms with Crippen LogP contribution in [0.1, 0.15) is 17.0 Å². The van der Waals surface area contributed by atoms with Gasteiger partial charge in [0.15, 0.2) is 5.75 Å². The molecule has 4 nitrogen and oxygen atoms in total. The molecule has 2 aromatic heterocycles. The molecule has 2 rings (SSSR count). The van der Waals surface area contributed by atoms with E-state index in [0.29, 0.717) is 11.6 Å². The van der Waals surface area contributed by atoms with Gasteiger partial charge in [-0.05, 0) is 37.6 Å². The zero-order chi connectivity index (χ0) is 12.3. The average Bonchev–Trinajstić information content (AvgIpc) is 2.31. The summed E-state index contributed by atoms with van der Waals surface area (Å²) in [5.74, 6) is 1.15. The SMILES string of the molecule is Cc1cc(CO)cc(Oc2cccnc2C)n1. The number of ether oxygens (including phenoxy) is 1. The van der Waals surface area contributed by atoms with Gasteiger partial charge in [0.05, 0.1) is 12.3 Å². The summed E-state index contributed by atoms with van der Waals surface area (Å²) in [5, 5.41) is 9.11. The van der Waals surface area contributed by atoms with Gasteiger partial charge in [-0.2, -0.15) is 0 Å². The van der Waals surface area contributed by atoms with E-state index in [1.807, 2.05) is 32.0 Å². The maximum Gasteiger partial charge on any atom is 0.219 e. The van der Waals surface area contributed by atoms with Crippen molar-refractivity contribution in [2.45, 2.75) is 20.5 Å². The van der Waals surface area contributed by atoms with Crippen LogP contribution in [0.4, 0.5) is 0 Å². The van der Waals surface area contributed by atoms with Gasteiger partial charge < -0.3 is 9.84 Å². The monoisotopic (exact) mass is 230 g/mol. The van der Waals surface area contributed by atoms with Crippen LogP contribution < -0.4 is 4.74 Å². The number of hydrogen-bond donors (Lipinski definition) is 1. The van der Waals surface area contributed by atoms with Gasteiger partial charge in [-0.3, -0.25) is 4.98 Å². The number of aromatic nitrogens is 2. The van der Waals surface area contributed by atoms with Gasteiger partial charge in [0.25, 0.3) is 0 Å². The van der Waals surface area contributed by atoms with Crippen LogP contribution in [0.5, 0.6) is 11.6 Å². The lowest BCUT2D eigenvalue weighted by molar-refractivity contribution is 0.281. The number of hydrogen-bond acceptors (Lipinski definition) is 4. The lowest BCUT2D eigenvalue weighted by atomic mass is 10.2. The summed E-state index contributed by atoms with van der Waals surface area (Å²) in [6.07, 6.45) is 1.71. The first-order chi connectivity index (χ1) is 8.19. The van der Waals surface area contributed by atoms with Crippen LogP contribution in [0.15, 0.2) is 30.5 Å². The maximum atomic E-state index is 9.11. The molecule has 0 aliphatic carbocycles.